The molecule has 0 spiro atoms. The Morgan fingerprint density at radius 2 is 1.90 bits per heavy atom. The van der Waals surface area contributed by atoms with Gasteiger partial charge in [0.2, 0.25) is 0 Å². The van der Waals surface area contributed by atoms with Crippen LogP contribution < -0.4 is 10.6 Å². The molecule has 8 nitrogen and oxygen atoms in total. The van der Waals surface area contributed by atoms with E-state index in [1.54, 1.807) is 7.05 Å². The maximum Gasteiger partial charge on any atom is 0.511 e. The summed E-state index contributed by atoms with van der Waals surface area (Å²) < 4.78 is 66.9. The third kappa shape index (κ3) is 7.08. The molecular formula is C16H31F3IN5O3S. The fraction of sp³-hybridized carbons (Fsp3) is 0.938. The van der Waals surface area contributed by atoms with Crippen LogP contribution in [0.1, 0.15) is 26.7 Å². The van der Waals surface area contributed by atoms with E-state index >= 15 is 0 Å². The number of ether oxygens (including phenoxy) is 1. The van der Waals surface area contributed by atoms with Crippen molar-refractivity contribution >= 4 is 40.0 Å². The number of hydrogen-bond acceptors (Lipinski definition) is 5. The number of rotatable bonds is 5. The van der Waals surface area contributed by atoms with Crippen LogP contribution in [0, 0.1) is 0 Å². The van der Waals surface area contributed by atoms with E-state index in [-0.39, 0.29) is 62.0 Å². The molecule has 0 aromatic heterocycles. The van der Waals surface area contributed by atoms with E-state index in [1.165, 1.54) is 0 Å². The largest absolute Gasteiger partial charge is 0.511 e. The van der Waals surface area contributed by atoms with E-state index in [0.29, 0.717) is 36.1 Å². The van der Waals surface area contributed by atoms with Gasteiger partial charge in [0.1, 0.15) is 0 Å². The zero-order valence-corrected chi connectivity index (χ0v) is 20.1. The van der Waals surface area contributed by atoms with Gasteiger partial charge in [0.15, 0.2) is 5.96 Å². The summed E-state index contributed by atoms with van der Waals surface area (Å²) >= 11 is 0. The molecular weight excluding hydrogens is 526 g/mol. The molecule has 2 rings (SSSR count). The summed E-state index contributed by atoms with van der Waals surface area (Å²) in [5.41, 5.74) is -5.25. The van der Waals surface area contributed by atoms with Crippen LogP contribution in [0.5, 0.6) is 0 Å². The molecule has 2 heterocycles. The van der Waals surface area contributed by atoms with Gasteiger partial charge in [-0.05, 0) is 26.7 Å². The Hall–Kier alpha value is -0.380. The fourth-order valence-electron chi connectivity index (χ4n) is 3.53. The van der Waals surface area contributed by atoms with E-state index in [9.17, 15) is 21.6 Å². The van der Waals surface area contributed by atoms with Crippen molar-refractivity contribution < 1.29 is 26.3 Å². The minimum Gasteiger partial charge on any atom is -0.379 e. The third-order valence-electron chi connectivity index (χ3n) is 5.20. The van der Waals surface area contributed by atoms with Crippen molar-refractivity contribution in [3.05, 3.63) is 0 Å². The molecule has 29 heavy (non-hydrogen) atoms. The van der Waals surface area contributed by atoms with E-state index in [1.807, 2.05) is 0 Å². The van der Waals surface area contributed by atoms with E-state index in [4.69, 9.17) is 4.74 Å². The van der Waals surface area contributed by atoms with E-state index < -0.39 is 15.5 Å². The summed E-state index contributed by atoms with van der Waals surface area (Å²) in [6.07, 6.45) is 0.568. The highest BCUT2D eigenvalue weighted by Crippen LogP contribution is 2.28. The molecule has 0 amide bonds. The van der Waals surface area contributed by atoms with Crippen LogP contribution in [-0.2, 0) is 14.8 Å². The lowest BCUT2D eigenvalue weighted by Crippen LogP contribution is -2.55. The normalized spacial score (nSPS) is 24.6. The quantitative estimate of drug-likeness (QED) is 0.300. The summed E-state index contributed by atoms with van der Waals surface area (Å²) in [4.78, 5) is 6.52. The first-order chi connectivity index (χ1) is 13.1. The van der Waals surface area contributed by atoms with Crippen LogP contribution in [0.4, 0.5) is 13.2 Å². The van der Waals surface area contributed by atoms with Crippen LogP contribution in [0.25, 0.3) is 0 Å². The van der Waals surface area contributed by atoms with Crippen LogP contribution in [-0.4, -0.2) is 93.7 Å². The molecule has 172 valence electrons. The van der Waals surface area contributed by atoms with Gasteiger partial charge in [0.25, 0.3) is 0 Å². The number of alkyl halides is 3. The van der Waals surface area contributed by atoms with Crippen molar-refractivity contribution in [2.24, 2.45) is 4.99 Å². The second-order valence-corrected chi connectivity index (χ2v) is 9.16. The maximum absolute atomic E-state index is 12.7. The Morgan fingerprint density at radius 3 is 2.41 bits per heavy atom. The molecule has 0 aliphatic carbocycles. The predicted octanol–water partition coefficient (Wildman–Crippen LogP) is 1.19. The van der Waals surface area contributed by atoms with Crippen molar-refractivity contribution in [1.82, 2.24) is 19.8 Å². The van der Waals surface area contributed by atoms with Crippen LogP contribution >= 0.6 is 24.0 Å². The standard InChI is InChI=1S/C16H30F3N5O3S.HI/c1-12(24-8-9-27-11-13(24)2)10-21-15(20-3)22-14-4-6-23(7-5-14)28(25,26)16(17,18)19;/h12-14H,4-11H2,1-3H3,(H2,20,21,22);1H. The van der Waals surface area contributed by atoms with Gasteiger partial charge in [-0.15, -0.1) is 24.0 Å². The van der Waals surface area contributed by atoms with Crippen molar-refractivity contribution in [2.45, 2.75) is 50.3 Å². The lowest BCUT2D eigenvalue weighted by atomic mass is 10.1. The topological polar surface area (TPSA) is 86.3 Å². The average molecular weight is 557 g/mol. The molecule has 2 N–H and O–H groups in total. The van der Waals surface area contributed by atoms with Crippen LogP contribution in [0.3, 0.4) is 0 Å². The van der Waals surface area contributed by atoms with Crippen LogP contribution in [0.2, 0.25) is 0 Å². The number of piperidine rings is 1. The van der Waals surface area contributed by atoms with Gasteiger partial charge in [-0.3, -0.25) is 9.89 Å². The van der Waals surface area contributed by atoms with Crippen LogP contribution in [0.15, 0.2) is 4.99 Å². The number of morpholine rings is 1. The first-order valence-electron chi connectivity index (χ1n) is 9.43. The number of nitrogens with zero attached hydrogens (tertiary/aromatic N) is 3. The number of hydrogen-bond donors (Lipinski definition) is 2. The second kappa shape index (κ2) is 11.3. The van der Waals surface area contributed by atoms with Gasteiger partial charge in [0.05, 0.1) is 13.2 Å². The van der Waals surface area contributed by atoms with Gasteiger partial charge in [0, 0.05) is 51.4 Å². The minimum atomic E-state index is -5.25. The molecule has 0 bridgehead atoms. The van der Waals surface area contributed by atoms with Gasteiger partial charge in [-0.2, -0.15) is 17.5 Å². The smallest absolute Gasteiger partial charge is 0.379 e. The summed E-state index contributed by atoms with van der Waals surface area (Å²) in [5.74, 6) is 0.560. The maximum atomic E-state index is 12.7. The predicted molar refractivity (Wildman–Crippen MR) is 116 cm³/mol. The molecule has 2 unspecified atom stereocenters. The van der Waals surface area contributed by atoms with Gasteiger partial charge in [-0.1, -0.05) is 0 Å². The van der Waals surface area contributed by atoms with Gasteiger partial charge >= 0.3 is 15.5 Å². The monoisotopic (exact) mass is 557 g/mol. The highest BCUT2D eigenvalue weighted by molar-refractivity contribution is 14.0. The summed E-state index contributed by atoms with van der Waals surface area (Å²) in [6.45, 7) is 6.83. The van der Waals surface area contributed by atoms with Crippen molar-refractivity contribution in [2.75, 3.05) is 46.4 Å². The number of nitrogens with one attached hydrogen (secondary N) is 2. The number of halogens is 4. The second-order valence-electron chi connectivity index (χ2n) is 7.23. The number of aliphatic imine (C=N–C) groups is 1. The zero-order valence-electron chi connectivity index (χ0n) is 16.9. The van der Waals surface area contributed by atoms with Crippen molar-refractivity contribution in [3.8, 4) is 0 Å². The lowest BCUT2D eigenvalue weighted by Gasteiger charge is -2.38. The fourth-order valence-corrected chi connectivity index (χ4v) is 4.52. The summed E-state index contributed by atoms with van der Waals surface area (Å²) in [6, 6.07) is 0.458. The van der Waals surface area contributed by atoms with E-state index in [0.717, 1.165) is 6.54 Å². The van der Waals surface area contributed by atoms with Gasteiger partial charge < -0.3 is 15.4 Å². The van der Waals surface area contributed by atoms with E-state index in [2.05, 4.69) is 34.4 Å². The Kier molecular flexibility index (Phi) is 10.4. The van der Waals surface area contributed by atoms with Crippen molar-refractivity contribution in [1.29, 1.82) is 0 Å². The molecule has 13 heteroatoms. The summed E-state index contributed by atoms with van der Waals surface area (Å²) in [5, 5.41) is 6.42. The molecule has 2 saturated heterocycles. The molecule has 0 saturated carbocycles. The SMILES string of the molecule is CN=C(NCC(C)N1CCOCC1C)NC1CCN(S(=O)(=O)C(F)(F)F)CC1.I. The molecule has 2 aliphatic rings. The molecule has 2 atom stereocenters. The zero-order chi connectivity index (χ0) is 20.9. The number of sulfonamides is 1. The first-order valence-corrected chi connectivity index (χ1v) is 10.9. The molecule has 0 radical (unpaired) electrons. The lowest BCUT2D eigenvalue weighted by molar-refractivity contribution is -0.0494. The molecule has 0 aromatic carbocycles. The van der Waals surface area contributed by atoms with Gasteiger partial charge in [-0.25, -0.2) is 8.42 Å². The molecule has 2 fully saturated rings. The summed E-state index contributed by atoms with van der Waals surface area (Å²) in [7, 11) is -3.63. The van der Waals surface area contributed by atoms with Crippen molar-refractivity contribution in [3.63, 3.8) is 0 Å². The minimum absolute atomic E-state index is 0. The highest BCUT2D eigenvalue weighted by atomic mass is 127. The Balaban J connectivity index is 0.00000420. The number of guanidine groups is 1. The average Bonchev–Trinajstić information content (AvgIpc) is 2.64. The first kappa shape index (κ1) is 26.7. The Bertz CT molecular complexity index is 642. The Morgan fingerprint density at radius 1 is 1.28 bits per heavy atom. The molecule has 2 aliphatic heterocycles. The third-order valence-corrected chi connectivity index (χ3v) is 6.83. The Labute approximate surface area is 187 Å². The highest BCUT2D eigenvalue weighted by Gasteiger charge is 2.50. The molecule has 0 aromatic rings.